The topological polar surface area (TPSA) is 92.9 Å². The maximum atomic E-state index is 11.3. The second-order valence-electron chi connectivity index (χ2n) is 2.86. The maximum absolute atomic E-state index is 11.3. The molecule has 1 aromatic rings. The molecule has 7 nitrogen and oxygen atoms in total. The van der Waals surface area contributed by atoms with Crippen LogP contribution in [-0.4, -0.2) is 43.9 Å². The van der Waals surface area contributed by atoms with Gasteiger partial charge in [-0.25, -0.2) is 4.68 Å². The summed E-state index contributed by atoms with van der Waals surface area (Å²) < 4.78 is 1.32. The Morgan fingerprint density at radius 3 is 3.00 bits per heavy atom. The molecule has 1 amide bonds. The Bertz CT molecular complexity index is 270. The fourth-order valence-electron chi connectivity index (χ4n) is 0.950. The molecule has 1 heterocycles. The summed E-state index contributed by atoms with van der Waals surface area (Å²) in [7, 11) is 0. The summed E-state index contributed by atoms with van der Waals surface area (Å²) in [5.41, 5.74) is 0. The predicted molar refractivity (Wildman–Crippen MR) is 47.1 cm³/mol. The van der Waals surface area contributed by atoms with E-state index in [2.05, 4.69) is 20.8 Å². The highest BCUT2D eigenvalue weighted by Gasteiger charge is 2.09. The first-order chi connectivity index (χ1) is 6.76. The van der Waals surface area contributed by atoms with Gasteiger partial charge in [-0.05, 0) is 16.8 Å². The molecule has 0 spiro atoms. The third kappa shape index (κ3) is 3.09. The van der Waals surface area contributed by atoms with E-state index in [4.69, 9.17) is 5.11 Å². The van der Waals surface area contributed by atoms with E-state index in [9.17, 15) is 4.79 Å². The van der Waals surface area contributed by atoms with Crippen molar-refractivity contribution in [3.63, 3.8) is 0 Å². The average molecular weight is 199 g/mol. The third-order valence-electron chi connectivity index (χ3n) is 1.78. The molecular formula is C7H13N5O2. The zero-order valence-corrected chi connectivity index (χ0v) is 7.92. The van der Waals surface area contributed by atoms with Crippen molar-refractivity contribution in [2.75, 3.05) is 6.61 Å². The molecule has 0 aromatic carbocycles. The van der Waals surface area contributed by atoms with Gasteiger partial charge < -0.3 is 10.4 Å². The number of rotatable bonds is 5. The van der Waals surface area contributed by atoms with Gasteiger partial charge in [-0.1, -0.05) is 6.92 Å². The minimum absolute atomic E-state index is 0.0577. The highest BCUT2D eigenvalue weighted by molar-refractivity contribution is 5.75. The van der Waals surface area contributed by atoms with E-state index in [0.717, 1.165) is 0 Å². The van der Waals surface area contributed by atoms with Crippen LogP contribution in [0.15, 0.2) is 6.33 Å². The number of carbonyl (C=O) groups excluding carboxylic acids is 1. The molecule has 1 atom stereocenters. The summed E-state index contributed by atoms with van der Waals surface area (Å²) in [6.07, 6.45) is 2.05. The molecule has 0 aliphatic carbocycles. The van der Waals surface area contributed by atoms with Gasteiger partial charge in [0.25, 0.3) is 0 Å². The number of nitrogens with one attached hydrogen (secondary N) is 1. The minimum atomic E-state index is -0.210. The number of aliphatic hydroxyl groups excluding tert-OH is 1. The smallest absolute Gasteiger partial charge is 0.242 e. The molecule has 78 valence electrons. The molecule has 0 radical (unpaired) electrons. The van der Waals surface area contributed by atoms with Crippen molar-refractivity contribution >= 4 is 5.91 Å². The highest BCUT2D eigenvalue weighted by Crippen LogP contribution is 1.89. The van der Waals surface area contributed by atoms with Crippen LogP contribution in [0.3, 0.4) is 0 Å². The fourth-order valence-corrected chi connectivity index (χ4v) is 0.950. The highest BCUT2D eigenvalue weighted by atomic mass is 16.3. The van der Waals surface area contributed by atoms with Crippen molar-refractivity contribution in [1.29, 1.82) is 0 Å². The van der Waals surface area contributed by atoms with Gasteiger partial charge in [-0.2, -0.15) is 0 Å². The van der Waals surface area contributed by atoms with Crippen LogP contribution in [0, 0.1) is 0 Å². The Hall–Kier alpha value is -1.50. The summed E-state index contributed by atoms with van der Waals surface area (Å²) in [5, 5.41) is 21.8. The van der Waals surface area contributed by atoms with E-state index in [0.29, 0.717) is 6.42 Å². The number of carbonyl (C=O) groups is 1. The van der Waals surface area contributed by atoms with Crippen LogP contribution in [0.4, 0.5) is 0 Å². The number of nitrogens with zero attached hydrogens (tertiary/aromatic N) is 4. The molecule has 1 aromatic heterocycles. The van der Waals surface area contributed by atoms with Crippen molar-refractivity contribution in [1.82, 2.24) is 25.5 Å². The number of aromatic nitrogens is 4. The maximum Gasteiger partial charge on any atom is 0.242 e. The molecule has 0 fully saturated rings. The van der Waals surface area contributed by atoms with Gasteiger partial charge in [-0.3, -0.25) is 4.79 Å². The Morgan fingerprint density at radius 2 is 2.50 bits per heavy atom. The molecule has 0 aliphatic heterocycles. The van der Waals surface area contributed by atoms with E-state index in [1.54, 1.807) is 0 Å². The molecule has 14 heavy (non-hydrogen) atoms. The van der Waals surface area contributed by atoms with E-state index >= 15 is 0 Å². The Labute approximate surface area is 81.1 Å². The largest absolute Gasteiger partial charge is 0.394 e. The van der Waals surface area contributed by atoms with E-state index in [-0.39, 0.29) is 25.1 Å². The average Bonchev–Trinajstić information content (AvgIpc) is 2.66. The predicted octanol–water partition coefficient (Wildman–Crippen LogP) is -1.44. The van der Waals surface area contributed by atoms with Crippen LogP contribution in [-0.2, 0) is 11.3 Å². The SMILES string of the molecule is CC[C@@H](CO)NC(=O)Cn1cnnn1. The summed E-state index contributed by atoms with van der Waals surface area (Å²) in [6.45, 7) is 1.90. The first kappa shape index (κ1) is 10.6. The van der Waals surface area contributed by atoms with Gasteiger partial charge >= 0.3 is 0 Å². The Morgan fingerprint density at radius 1 is 1.71 bits per heavy atom. The number of aliphatic hydroxyl groups is 1. The first-order valence-corrected chi connectivity index (χ1v) is 4.37. The summed E-state index contributed by atoms with van der Waals surface area (Å²) in [5.74, 6) is -0.210. The number of hydrogen-bond acceptors (Lipinski definition) is 5. The van der Waals surface area contributed by atoms with Crippen LogP contribution in [0.1, 0.15) is 13.3 Å². The molecule has 0 saturated heterocycles. The van der Waals surface area contributed by atoms with Gasteiger partial charge in [0.2, 0.25) is 5.91 Å². The molecule has 7 heteroatoms. The summed E-state index contributed by atoms with van der Waals surface area (Å²) >= 11 is 0. The molecular weight excluding hydrogens is 186 g/mol. The standard InChI is InChI=1S/C7H13N5O2/c1-2-6(4-13)9-7(14)3-12-5-8-10-11-12/h5-6,13H,2-4H2,1H3,(H,9,14)/t6-/m0/s1. The van der Waals surface area contributed by atoms with Crippen molar-refractivity contribution < 1.29 is 9.90 Å². The molecule has 1 rings (SSSR count). The zero-order chi connectivity index (χ0) is 10.4. The minimum Gasteiger partial charge on any atom is -0.394 e. The van der Waals surface area contributed by atoms with Gasteiger partial charge in [-0.15, -0.1) is 5.10 Å². The van der Waals surface area contributed by atoms with Gasteiger partial charge in [0.05, 0.1) is 12.6 Å². The zero-order valence-electron chi connectivity index (χ0n) is 7.92. The molecule has 0 unspecified atom stereocenters. The van der Waals surface area contributed by atoms with E-state index in [1.165, 1.54) is 11.0 Å². The number of amides is 1. The normalized spacial score (nSPS) is 12.4. The van der Waals surface area contributed by atoms with Crippen LogP contribution >= 0.6 is 0 Å². The van der Waals surface area contributed by atoms with Crippen molar-refractivity contribution in [3.05, 3.63) is 6.33 Å². The lowest BCUT2D eigenvalue weighted by Gasteiger charge is -2.13. The molecule has 0 saturated carbocycles. The second-order valence-corrected chi connectivity index (χ2v) is 2.86. The van der Waals surface area contributed by atoms with Crippen molar-refractivity contribution in [2.24, 2.45) is 0 Å². The van der Waals surface area contributed by atoms with Gasteiger partial charge in [0.1, 0.15) is 12.9 Å². The molecule has 0 aliphatic rings. The molecule has 0 bridgehead atoms. The van der Waals surface area contributed by atoms with E-state index < -0.39 is 0 Å². The monoisotopic (exact) mass is 199 g/mol. The summed E-state index contributed by atoms with van der Waals surface area (Å²) in [4.78, 5) is 11.3. The fraction of sp³-hybridized carbons (Fsp3) is 0.714. The lowest BCUT2D eigenvalue weighted by Crippen LogP contribution is -2.38. The van der Waals surface area contributed by atoms with Gasteiger partial charge in [0, 0.05) is 0 Å². The second kappa shape index (κ2) is 5.28. The number of tetrazole rings is 1. The van der Waals surface area contributed by atoms with Crippen LogP contribution < -0.4 is 5.32 Å². The molecule has 2 N–H and O–H groups in total. The third-order valence-corrected chi connectivity index (χ3v) is 1.78. The van der Waals surface area contributed by atoms with E-state index in [1.807, 2.05) is 6.92 Å². The lowest BCUT2D eigenvalue weighted by molar-refractivity contribution is -0.122. The Kier molecular flexibility index (Phi) is 3.99. The first-order valence-electron chi connectivity index (χ1n) is 4.37. The van der Waals surface area contributed by atoms with Crippen LogP contribution in [0.5, 0.6) is 0 Å². The van der Waals surface area contributed by atoms with Crippen molar-refractivity contribution in [2.45, 2.75) is 25.9 Å². The van der Waals surface area contributed by atoms with Crippen molar-refractivity contribution in [3.8, 4) is 0 Å². The Balaban J connectivity index is 2.35. The van der Waals surface area contributed by atoms with Gasteiger partial charge in [0.15, 0.2) is 0 Å². The quantitative estimate of drug-likeness (QED) is 0.605. The summed E-state index contributed by atoms with van der Waals surface area (Å²) in [6, 6.07) is -0.195. The van der Waals surface area contributed by atoms with Crippen LogP contribution in [0.2, 0.25) is 0 Å². The van der Waals surface area contributed by atoms with Crippen LogP contribution in [0.25, 0.3) is 0 Å². The lowest BCUT2D eigenvalue weighted by atomic mass is 10.2. The number of hydrogen-bond donors (Lipinski definition) is 2.